The zero-order valence-corrected chi connectivity index (χ0v) is 24.5. The van der Waals surface area contributed by atoms with E-state index in [1.54, 1.807) is 24.3 Å². The fraction of sp³-hybridized carbons (Fsp3) is 0.257. The van der Waals surface area contributed by atoms with E-state index in [1.807, 2.05) is 91.9 Å². The molecule has 0 aromatic heterocycles. The lowest BCUT2D eigenvalue weighted by molar-refractivity contribution is -0.252. The molecule has 43 heavy (non-hydrogen) atoms. The maximum atomic E-state index is 16.3. The van der Waals surface area contributed by atoms with Gasteiger partial charge in [-0.3, -0.25) is 14.5 Å². The molecule has 1 saturated heterocycles. The predicted octanol–water partition coefficient (Wildman–Crippen LogP) is 6.62. The molecule has 2 aliphatic rings. The first-order chi connectivity index (χ1) is 21.0. The monoisotopic (exact) mass is 597 g/mol. The van der Waals surface area contributed by atoms with Crippen LogP contribution in [-0.4, -0.2) is 53.2 Å². The average molecular weight is 598 g/mol. The Kier molecular flexibility index (Phi) is 9.00. The fourth-order valence-corrected chi connectivity index (χ4v) is 6.45. The van der Waals surface area contributed by atoms with Gasteiger partial charge in [-0.05, 0) is 42.3 Å². The summed E-state index contributed by atoms with van der Waals surface area (Å²) in [6.45, 7) is 2.38. The molecule has 0 spiro atoms. The van der Waals surface area contributed by atoms with Crippen molar-refractivity contribution in [1.29, 1.82) is 0 Å². The number of hydrogen-bond acceptors (Lipinski definition) is 6. The lowest BCUT2D eigenvalue weighted by atomic mass is 9.95. The van der Waals surface area contributed by atoms with E-state index < -0.39 is 42.5 Å². The summed E-state index contributed by atoms with van der Waals surface area (Å²) in [6.07, 6.45) is -4.50. The number of carbonyl (C=O) groups is 2. The molecule has 1 fully saturated rings. The highest BCUT2D eigenvalue weighted by Gasteiger charge is 2.55. The van der Waals surface area contributed by atoms with E-state index in [2.05, 4.69) is 0 Å². The van der Waals surface area contributed by atoms with Gasteiger partial charge in [0, 0.05) is 10.6 Å². The number of hydrogen-bond donors (Lipinski definition) is 0. The molecule has 2 aliphatic heterocycles. The first-order valence-corrected chi connectivity index (χ1v) is 15.2. The summed E-state index contributed by atoms with van der Waals surface area (Å²) in [5, 5.41) is 0. The Morgan fingerprint density at radius 1 is 0.721 bits per heavy atom. The van der Waals surface area contributed by atoms with Crippen molar-refractivity contribution in [1.82, 2.24) is 4.90 Å². The smallest absolute Gasteiger partial charge is 0.262 e. The Morgan fingerprint density at radius 2 is 1.23 bits per heavy atom. The van der Waals surface area contributed by atoms with Gasteiger partial charge < -0.3 is 14.2 Å². The van der Waals surface area contributed by atoms with Crippen LogP contribution in [-0.2, 0) is 27.4 Å². The highest BCUT2D eigenvalue weighted by molar-refractivity contribution is 7.99. The summed E-state index contributed by atoms with van der Waals surface area (Å²) in [4.78, 5) is 29.1. The number of thioether (sulfide) groups is 1. The minimum Gasteiger partial charge on any atom is -0.368 e. The van der Waals surface area contributed by atoms with Crippen molar-refractivity contribution in [3.8, 4) is 0 Å². The molecular weight excluding hydrogens is 565 g/mol. The van der Waals surface area contributed by atoms with E-state index >= 15 is 4.39 Å². The van der Waals surface area contributed by atoms with Crippen LogP contribution >= 0.6 is 11.8 Å². The normalized spacial score (nSPS) is 23.4. The Morgan fingerprint density at radius 3 is 1.79 bits per heavy atom. The van der Waals surface area contributed by atoms with Crippen molar-refractivity contribution in [3.63, 3.8) is 0 Å². The number of benzene rings is 4. The fourth-order valence-electron chi connectivity index (χ4n) is 5.50. The lowest BCUT2D eigenvalue weighted by Crippen LogP contribution is -2.65. The van der Waals surface area contributed by atoms with Gasteiger partial charge in [-0.2, -0.15) is 0 Å². The second-order valence-electron chi connectivity index (χ2n) is 10.7. The molecule has 0 unspecified atom stereocenters. The molecule has 5 atom stereocenters. The first-order valence-electron chi connectivity index (χ1n) is 14.3. The van der Waals surface area contributed by atoms with Crippen molar-refractivity contribution in [3.05, 3.63) is 137 Å². The third-order valence-corrected chi connectivity index (χ3v) is 8.83. The van der Waals surface area contributed by atoms with Crippen LogP contribution in [0.25, 0.3) is 0 Å². The molecule has 8 heteroatoms. The highest BCUT2D eigenvalue weighted by atomic mass is 32.2. The first kappa shape index (κ1) is 29.3. The number of amides is 2. The molecule has 0 saturated carbocycles. The summed E-state index contributed by atoms with van der Waals surface area (Å²) in [7, 11) is 0. The molecule has 0 aliphatic carbocycles. The molecular formula is C35H32FNO5S. The van der Waals surface area contributed by atoms with Gasteiger partial charge in [-0.25, -0.2) is 4.39 Å². The number of halogens is 1. The number of ether oxygens (including phenoxy) is 3. The average Bonchev–Trinajstić information content (AvgIpc) is 3.29. The molecule has 4 aromatic rings. The Balaban J connectivity index is 1.34. The van der Waals surface area contributed by atoms with Gasteiger partial charge in [0.25, 0.3) is 11.8 Å². The van der Waals surface area contributed by atoms with Crippen molar-refractivity contribution < 1.29 is 28.2 Å². The van der Waals surface area contributed by atoms with Crippen molar-refractivity contribution in [2.45, 2.75) is 55.7 Å². The number of rotatable bonds is 10. The number of aryl methyl sites for hydroxylation is 1. The molecule has 0 bridgehead atoms. The summed E-state index contributed by atoms with van der Waals surface area (Å²) >= 11 is 1.53. The van der Waals surface area contributed by atoms with E-state index in [1.165, 1.54) is 11.8 Å². The Bertz CT molecular complexity index is 1520. The molecule has 0 radical (unpaired) electrons. The Labute approximate surface area is 254 Å². The third-order valence-electron chi connectivity index (χ3n) is 7.73. The van der Waals surface area contributed by atoms with Gasteiger partial charge in [0.05, 0.1) is 30.4 Å². The van der Waals surface area contributed by atoms with Crippen molar-refractivity contribution >= 4 is 23.6 Å². The van der Waals surface area contributed by atoms with E-state index in [9.17, 15) is 9.59 Å². The molecule has 0 N–H and O–H groups in total. The zero-order valence-electron chi connectivity index (χ0n) is 23.7. The van der Waals surface area contributed by atoms with Crippen LogP contribution in [0.5, 0.6) is 0 Å². The molecule has 220 valence electrons. The quantitative estimate of drug-likeness (QED) is 0.151. The van der Waals surface area contributed by atoms with Crippen LogP contribution < -0.4 is 0 Å². The number of imide groups is 1. The van der Waals surface area contributed by atoms with Crippen molar-refractivity contribution in [2.24, 2.45) is 0 Å². The zero-order chi connectivity index (χ0) is 29.8. The van der Waals surface area contributed by atoms with Crippen molar-refractivity contribution in [2.75, 3.05) is 5.75 Å². The summed E-state index contributed by atoms with van der Waals surface area (Å²) in [6, 6.07) is 32.4. The number of alkyl halides is 1. The minimum atomic E-state index is -1.98. The largest absolute Gasteiger partial charge is 0.368 e. The van der Waals surface area contributed by atoms with Gasteiger partial charge in [0.1, 0.15) is 18.2 Å². The maximum absolute atomic E-state index is 16.3. The molecule has 2 amide bonds. The van der Waals surface area contributed by atoms with Gasteiger partial charge >= 0.3 is 0 Å². The maximum Gasteiger partial charge on any atom is 0.262 e. The van der Waals surface area contributed by atoms with Crippen LogP contribution in [0.3, 0.4) is 0 Å². The van der Waals surface area contributed by atoms with E-state index in [4.69, 9.17) is 14.2 Å². The van der Waals surface area contributed by atoms with Crippen LogP contribution in [0, 0.1) is 6.92 Å². The Hall–Kier alpha value is -3.82. The van der Waals surface area contributed by atoms with Crippen LogP contribution in [0.15, 0.2) is 114 Å². The summed E-state index contributed by atoms with van der Waals surface area (Å²) in [5.74, 6) is -0.762. The van der Waals surface area contributed by atoms with Crippen LogP contribution in [0.4, 0.5) is 4.39 Å². The van der Waals surface area contributed by atoms with Crippen LogP contribution in [0.1, 0.15) is 37.4 Å². The van der Waals surface area contributed by atoms with E-state index in [0.29, 0.717) is 5.75 Å². The van der Waals surface area contributed by atoms with Gasteiger partial charge in [0.2, 0.25) is 6.36 Å². The topological polar surface area (TPSA) is 65.1 Å². The van der Waals surface area contributed by atoms with Gasteiger partial charge in [-0.15, -0.1) is 11.8 Å². The molecule has 4 aromatic carbocycles. The molecule has 6 nitrogen and oxygen atoms in total. The number of fused-ring (bicyclic) bond motifs is 1. The predicted molar refractivity (Wildman–Crippen MR) is 162 cm³/mol. The lowest BCUT2D eigenvalue weighted by Gasteiger charge is -2.46. The number of carbonyl (C=O) groups excluding carboxylic acids is 2. The standard InChI is InChI=1S/C35H32FNO5S/c1-23-16-18-26(19-17-23)43-22-29-31(40-20-24-10-4-2-5-11-24)32(41-21-25-12-6-3-7-13-25)30(33(36)42-29)37-34(38)27-14-8-9-15-28(27)35(37)39/h2-19,29-33H,20-22H2,1H3/t29-,30-,31-,32-,33-/m1/s1. The van der Waals surface area contributed by atoms with E-state index in [-0.39, 0.29) is 24.3 Å². The number of nitrogens with zero attached hydrogens (tertiary/aromatic N) is 1. The van der Waals surface area contributed by atoms with E-state index in [0.717, 1.165) is 26.5 Å². The molecule has 2 heterocycles. The SMILES string of the molecule is Cc1ccc(SC[C@H]2O[C@@H](F)[C@H](N3C(=O)c4ccccc4C3=O)[C@@H](OCc3ccccc3)[C@@H]2OCc2ccccc2)cc1. The summed E-state index contributed by atoms with van der Waals surface area (Å²) in [5.41, 5.74) is 3.41. The molecule has 6 rings (SSSR count). The van der Waals surface area contributed by atoms with Gasteiger partial charge in [0.15, 0.2) is 0 Å². The minimum absolute atomic E-state index is 0.140. The van der Waals surface area contributed by atoms with Gasteiger partial charge in [-0.1, -0.05) is 90.5 Å². The second kappa shape index (κ2) is 13.2. The van der Waals surface area contributed by atoms with Crippen LogP contribution in [0.2, 0.25) is 0 Å². The second-order valence-corrected chi connectivity index (χ2v) is 11.8. The third kappa shape index (κ3) is 6.43. The highest BCUT2D eigenvalue weighted by Crippen LogP contribution is 2.37. The summed E-state index contributed by atoms with van der Waals surface area (Å²) < 4.78 is 35.3.